The van der Waals surface area contributed by atoms with Crippen molar-refractivity contribution in [1.82, 2.24) is 19.8 Å². The molecule has 3 aromatic rings. The molecule has 1 unspecified atom stereocenters. The fourth-order valence-corrected chi connectivity index (χ4v) is 4.99. The normalized spacial score (nSPS) is 18.4. The van der Waals surface area contributed by atoms with Crippen molar-refractivity contribution in [2.24, 2.45) is 0 Å². The molecule has 0 saturated carbocycles. The fraction of sp³-hybridized carbons (Fsp3) is 0.370. The van der Waals surface area contributed by atoms with Crippen LogP contribution < -0.4 is 4.74 Å². The second-order valence-corrected chi connectivity index (χ2v) is 9.33. The number of likely N-dealkylation sites (tertiary alicyclic amines) is 2. The largest absolute Gasteiger partial charge is 0.492 e. The van der Waals surface area contributed by atoms with Gasteiger partial charge >= 0.3 is 0 Å². The molecule has 3 heterocycles. The number of hydrogen-bond donors (Lipinski definition) is 0. The van der Waals surface area contributed by atoms with E-state index >= 15 is 0 Å². The molecule has 2 saturated heterocycles. The Kier molecular flexibility index (Phi) is 7.07. The van der Waals surface area contributed by atoms with Crippen molar-refractivity contribution in [3.8, 4) is 17.1 Å². The molecule has 2 aliphatic rings. The second kappa shape index (κ2) is 10.5. The van der Waals surface area contributed by atoms with E-state index in [1.54, 1.807) is 6.20 Å². The van der Waals surface area contributed by atoms with Gasteiger partial charge in [-0.15, -0.1) is 0 Å². The molecule has 1 amide bonds. The zero-order chi connectivity index (χ0) is 23.3. The smallest absolute Gasteiger partial charge is 0.254 e. The minimum atomic E-state index is -0.0650. The van der Waals surface area contributed by atoms with Crippen LogP contribution in [0.15, 0.2) is 60.8 Å². The molecule has 34 heavy (non-hydrogen) atoms. The third-order valence-corrected chi connectivity index (χ3v) is 6.83. The van der Waals surface area contributed by atoms with E-state index in [0.29, 0.717) is 29.6 Å². The predicted octanol–water partition coefficient (Wildman–Crippen LogP) is 5.25. The molecular weight excluding hydrogens is 448 g/mol. The quantitative estimate of drug-likeness (QED) is 0.466. The average Bonchev–Trinajstić information content (AvgIpc) is 3.57. The summed E-state index contributed by atoms with van der Waals surface area (Å²) in [4.78, 5) is 26.9. The van der Waals surface area contributed by atoms with Crippen molar-refractivity contribution in [1.29, 1.82) is 0 Å². The Bertz CT molecular complexity index is 1130. The molecule has 0 bridgehead atoms. The first kappa shape index (κ1) is 22.8. The Hall–Kier alpha value is -2.96. The van der Waals surface area contributed by atoms with Crippen molar-refractivity contribution < 1.29 is 9.53 Å². The zero-order valence-electron chi connectivity index (χ0n) is 19.2. The van der Waals surface area contributed by atoms with E-state index in [1.807, 2.05) is 59.5 Å². The minimum absolute atomic E-state index is 0.0223. The van der Waals surface area contributed by atoms with Gasteiger partial charge in [-0.25, -0.2) is 9.97 Å². The first-order valence-corrected chi connectivity index (χ1v) is 12.4. The minimum Gasteiger partial charge on any atom is -0.492 e. The number of halogens is 1. The van der Waals surface area contributed by atoms with Gasteiger partial charge in [0.2, 0.25) is 0 Å². The fourth-order valence-electron chi connectivity index (χ4n) is 4.80. The summed E-state index contributed by atoms with van der Waals surface area (Å²) in [5.74, 6) is 1.44. The lowest BCUT2D eigenvalue weighted by atomic mass is 10.1. The van der Waals surface area contributed by atoms with E-state index in [-0.39, 0.29) is 11.9 Å². The van der Waals surface area contributed by atoms with Gasteiger partial charge in [0.25, 0.3) is 5.91 Å². The predicted molar refractivity (Wildman–Crippen MR) is 133 cm³/mol. The molecular formula is C27H29ClN4O2. The summed E-state index contributed by atoms with van der Waals surface area (Å²) >= 11 is 6.14. The lowest BCUT2D eigenvalue weighted by molar-refractivity contribution is 0.0733. The number of amides is 1. The molecule has 2 aromatic carbocycles. The molecule has 1 aromatic heterocycles. The number of carbonyl (C=O) groups is 1. The monoisotopic (exact) mass is 476 g/mol. The molecule has 0 N–H and O–H groups in total. The highest BCUT2D eigenvalue weighted by atomic mass is 35.5. The van der Waals surface area contributed by atoms with Crippen LogP contribution in [0.4, 0.5) is 0 Å². The third kappa shape index (κ3) is 5.24. The van der Waals surface area contributed by atoms with E-state index in [4.69, 9.17) is 21.3 Å². The lowest BCUT2D eigenvalue weighted by Crippen LogP contribution is -2.31. The van der Waals surface area contributed by atoms with Crippen LogP contribution in [-0.2, 0) is 0 Å². The molecule has 176 valence electrons. The first-order chi connectivity index (χ1) is 16.7. The number of rotatable bonds is 7. The zero-order valence-corrected chi connectivity index (χ0v) is 20.0. The highest BCUT2D eigenvalue weighted by Gasteiger charge is 2.32. The number of nitrogens with zero attached hydrogens (tertiary/aromatic N) is 4. The molecule has 7 heteroatoms. The maximum atomic E-state index is 13.3. The van der Waals surface area contributed by atoms with Crippen LogP contribution in [0.3, 0.4) is 0 Å². The van der Waals surface area contributed by atoms with E-state index in [1.165, 1.54) is 25.9 Å². The van der Waals surface area contributed by atoms with Crippen molar-refractivity contribution in [2.75, 3.05) is 32.8 Å². The molecule has 6 nitrogen and oxygen atoms in total. The van der Waals surface area contributed by atoms with Crippen LogP contribution in [-0.4, -0.2) is 58.5 Å². The van der Waals surface area contributed by atoms with Gasteiger partial charge in [0.05, 0.1) is 11.7 Å². The Morgan fingerprint density at radius 2 is 1.85 bits per heavy atom. The number of ether oxygens (including phenoxy) is 1. The summed E-state index contributed by atoms with van der Waals surface area (Å²) in [6.07, 6.45) is 6.16. The van der Waals surface area contributed by atoms with Gasteiger partial charge in [-0.05, 0) is 81.2 Å². The number of carbonyl (C=O) groups excluding carboxylic acids is 1. The third-order valence-electron chi connectivity index (χ3n) is 6.59. The van der Waals surface area contributed by atoms with Crippen molar-refractivity contribution >= 4 is 17.5 Å². The summed E-state index contributed by atoms with van der Waals surface area (Å²) in [5, 5.41) is 0.646. The van der Waals surface area contributed by atoms with Gasteiger partial charge in [-0.1, -0.05) is 23.7 Å². The average molecular weight is 477 g/mol. The second-order valence-electron chi connectivity index (χ2n) is 8.89. The Morgan fingerprint density at radius 1 is 1.03 bits per heavy atom. The van der Waals surface area contributed by atoms with Crippen LogP contribution in [0.25, 0.3) is 11.4 Å². The summed E-state index contributed by atoms with van der Waals surface area (Å²) in [6.45, 7) is 4.67. The number of hydrogen-bond acceptors (Lipinski definition) is 5. The van der Waals surface area contributed by atoms with Crippen LogP contribution >= 0.6 is 11.6 Å². The maximum Gasteiger partial charge on any atom is 0.254 e. The van der Waals surface area contributed by atoms with Gasteiger partial charge in [0.15, 0.2) is 5.82 Å². The van der Waals surface area contributed by atoms with Crippen LogP contribution in [0.5, 0.6) is 5.75 Å². The van der Waals surface area contributed by atoms with E-state index in [0.717, 1.165) is 36.4 Å². The number of aromatic nitrogens is 2. The van der Waals surface area contributed by atoms with E-state index in [2.05, 4.69) is 9.88 Å². The maximum absolute atomic E-state index is 13.3. The van der Waals surface area contributed by atoms with E-state index < -0.39 is 0 Å². The van der Waals surface area contributed by atoms with Gasteiger partial charge in [-0.2, -0.15) is 0 Å². The molecule has 0 aliphatic carbocycles. The first-order valence-electron chi connectivity index (χ1n) is 12.0. The van der Waals surface area contributed by atoms with Gasteiger partial charge in [-0.3, -0.25) is 9.69 Å². The van der Waals surface area contributed by atoms with Gasteiger partial charge in [0, 0.05) is 35.4 Å². The van der Waals surface area contributed by atoms with Crippen LogP contribution in [0.2, 0.25) is 5.02 Å². The molecule has 1 atom stereocenters. The van der Waals surface area contributed by atoms with Crippen molar-refractivity contribution in [3.63, 3.8) is 0 Å². The summed E-state index contributed by atoms with van der Waals surface area (Å²) in [7, 11) is 0. The van der Waals surface area contributed by atoms with Crippen molar-refractivity contribution in [2.45, 2.75) is 31.7 Å². The standard InChI is InChI=1S/C27H29ClN4O2/c28-22-6-3-5-21(19-22)26-29-13-12-24(30-26)25-7-4-16-32(25)27(33)20-8-10-23(11-9-20)34-18-17-31-14-1-2-15-31/h3,5-6,8-13,19,25H,1-2,4,7,14-18H2. The van der Waals surface area contributed by atoms with Crippen LogP contribution in [0, 0.1) is 0 Å². The molecule has 2 aliphatic heterocycles. The van der Waals surface area contributed by atoms with Crippen LogP contribution in [0.1, 0.15) is 47.8 Å². The molecule has 0 radical (unpaired) electrons. The summed E-state index contributed by atoms with van der Waals surface area (Å²) < 4.78 is 5.89. The highest BCUT2D eigenvalue weighted by molar-refractivity contribution is 6.30. The topological polar surface area (TPSA) is 58.6 Å². The number of benzene rings is 2. The van der Waals surface area contributed by atoms with E-state index in [9.17, 15) is 4.79 Å². The highest BCUT2D eigenvalue weighted by Crippen LogP contribution is 2.33. The molecule has 5 rings (SSSR count). The Morgan fingerprint density at radius 3 is 2.65 bits per heavy atom. The summed E-state index contributed by atoms with van der Waals surface area (Å²) in [6, 6.07) is 16.9. The molecule has 0 spiro atoms. The van der Waals surface area contributed by atoms with Crippen molar-refractivity contribution in [3.05, 3.63) is 77.1 Å². The molecule has 2 fully saturated rings. The summed E-state index contributed by atoms with van der Waals surface area (Å²) in [5.41, 5.74) is 2.39. The van der Waals surface area contributed by atoms with Gasteiger partial charge < -0.3 is 9.64 Å². The Balaban J connectivity index is 1.25. The lowest BCUT2D eigenvalue weighted by Gasteiger charge is -2.24. The Labute approximate surface area is 205 Å². The SMILES string of the molecule is O=C(c1ccc(OCCN2CCCC2)cc1)N1CCCC1c1ccnc(-c2cccc(Cl)c2)n1. The van der Waals surface area contributed by atoms with Gasteiger partial charge in [0.1, 0.15) is 12.4 Å².